The highest BCUT2D eigenvalue weighted by molar-refractivity contribution is 5.85. The third-order valence-corrected chi connectivity index (χ3v) is 3.36. The first kappa shape index (κ1) is 13.1. The van der Waals surface area contributed by atoms with Gasteiger partial charge in [0.25, 0.3) is 0 Å². The lowest BCUT2D eigenvalue weighted by molar-refractivity contribution is 0.0586. The van der Waals surface area contributed by atoms with Gasteiger partial charge in [-0.15, -0.1) is 0 Å². The molecule has 0 spiro atoms. The normalized spacial score (nSPS) is 19.1. The zero-order valence-corrected chi connectivity index (χ0v) is 11.5. The summed E-state index contributed by atoms with van der Waals surface area (Å²) in [4.78, 5) is 11.9. The van der Waals surface area contributed by atoms with Crippen molar-refractivity contribution < 1.29 is 4.84 Å². The molecule has 2 rings (SSSR count). The maximum Gasteiger partial charge on any atom is 0.145 e. The van der Waals surface area contributed by atoms with E-state index in [1.165, 1.54) is 5.71 Å². The fourth-order valence-corrected chi connectivity index (χ4v) is 2.15. The highest BCUT2D eigenvalue weighted by Gasteiger charge is 2.21. The van der Waals surface area contributed by atoms with Crippen LogP contribution >= 0.6 is 0 Å². The first-order valence-electron chi connectivity index (χ1n) is 6.57. The molecule has 0 aliphatic carbocycles. The Morgan fingerprint density at radius 2 is 2.39 bits per heavy atom. The number of aryl methyl sites for hydroxylation is 1. The Morgan fingerprint density at radius 3 is 3.00 bits per heavy atom. The van der Waals surface area contributed by atoms with Crippen molar-refractivity contribution in [2.45, 2.75) is 39.3 Å². The van der Waals surface area contributed by atoms with E-state index >= 15 is 0 Å². The van der Waals surface area contributed by atoms with Gasteiger partial charge in [-0.2, -0.15) is 0 Å². The van der Waals surface area contributed by atoms with Crippen LogP contribution in [0.2, 0.25) is 0 Å². The summed E-state index contributed by atoms with van der Waals surface area (Å²) in [6, 6.07) is 0. The van der Waals surface area contributed by atoms with Crippen molar-refractivity contribution in [3.05, 3.63) is 18.2 Å². The smallest absolute Gasteiger partial charge is 0.145 e. The molecule has 0 N–H and O–H groups in total. The molecule has 0 saturated carbocycles. The van der Waals surface area contributed by atoms with Crippen LogP contribution in [0, 0.1) is 6.92 Å². The highest BCUT2D eigenvalue weighted by Crippen LogP contribution is 2.13. The van der Waals surface area contributed by atoms with E-state index in [0.717, 1.165) is 38.3 Å². The number of hydrogen-bond acceptors (Lipinski definition) is 4. The fourth-order valence-electron chi connectivity index (χ4n) is 2.15. The Balaban J connectivity index is 1.70. The Morgan fingerprint density at radius 1 is 1.56 bits per heavy atom. The van der Waals surface area contributed by atoms with Crippen LogP contribution in [-0.4, -0.2) is 46.4 Å². The molecule has 1 aliphatic rings. The van der Waals surface area contributed by atoms with Gasteiger partial charge < -0.3 is 14.3 Å². The van der Waals surface area contributed by atoms with Crippen LogP contribution in [0.25, 0.3) is 0 Å². The second-order valence-corrected chi connectivity index (χ2v) is 4.87. The van der Waals surface area contributed by atoms with Crippen molar-refractivity contribution in [1.82, 2.24) is 14.5 Å². The van der Waals surface area contributed by atoms with E-state index in [-0.39, 0.29) is 6.10 Å². The molecule has 0 fully saturated rings. The van der Waals surface area contributed by atoms with E-state index < -0.39 is 0 Å². The molecule has 5 heteroatoms. The molecular weight excluding hydrogens is 228 g/mol. The summed E-state index contributed by atoms with van der Waals surface area (Å²) >= 11 is 0. The number of rotatable bonds is 6. The third-order valence-electron chi connectivity index (χ3n) is 3.36. The van der Waals surface area contributed by atoms with Crippen LogP contribution in [-0.2, 0) is 11.4 Å². The van der Waals surface area contributed by atoms with Crippen LogP contribution in [0.3, 0.4) is 0 Å². The molecule has 0 amide bonds. The SMILES string of the molecule is CCC1=NOC(CN(C)CCn2ccnc2C)C1. The lowest BCUT2D eigenvalue weighted by atomic mass is 10.1. The van der Waals surface area contributed by atoms with Gasteiger partial charge in [0.1, 0.15) is 11.9 Å². The molecule has 0 radical (unpaired) electrons. The molecule has 1 aromatic heterocycles. The summed E-state index contributed by atoms with van der Waals surface area (Å²) in [5.74, 6) is 1.07. The van der Waals surface area contributed by atoms with Gasteiger partial charge in [0.2, 0.25) is 0 Å². The van der Waals surface area contributed by atoms with Crippen molar-refractivity contribution in [2.75, 3.05) is 20.1 Å². The molecule has 2 heterocycles. The average Bonchev–Trinajstić information content (AvgIpc) is 2.96. The van der Waals surface area contributed by atoms with E-state index in [0.29, 0.717) is 0 Å². The molecule has 5 nitrogen and oxygen atoms in total. The van der Waals surface area contributed by atoms with Crippen LogP contribution in [0.4, 0.5) is 0 Å². The van der Waals surface area contributed by atoms with Gasteiger partial charge >= 0.3 is 0 Å². The topological polar surface area (TPSA) is 42.6 Å². The van der Waals surface area contributed by atoms with E-state index in [2.05, 4.69) is 33.6 Å². The summed E-state index contributed by atoms with van der Waals surface area (Å²) in [6.07, 6.45) is 6.07. The maximum absolute atomic E-state index is 5.42. The molecular formula is C13H22N4O. The standard InChI is InChI=1S/C13H22N4O/c1-4-12-9-13(18-15-12)10-16(3)7-8-17-6-5-14-11(17)2/h5-6,13H,4,7-10H2,1-3H3. The monoisotopic (exact) mass is 250 g/mol. The first-order valence-corrected chi connectivity index (χ1v) is 6.57. The van der Waals surface area contributed by atoms with Crippen LogP contribution in [0.15, 0.2) is 17.5 Å². The van der Waals surface area contributed by atoms with Gasteiger partial charge in [-0.05, 0) is 20.4 Å². The van der Waals surface area contributed by atoms with Gasteiger partial charge in [-0.1, -0.05) is 12.1 Å². The summed E-state index contributed by atoms with van der Waals surface area (Å²) < 4.78 is 2.17. The maximum atomic E-state index is 5.42. The van der Waals surface area contributed by atoms with E-state index in [9.17, 15) is 0 Å². The number of aromatic nitrogens is 2. The van der Waals surface area contributed by atoms with Crippen molar-refractivity contribution in [2.24, 2.45) is 5.16 Å². The number of likely N-dealkylation sites (N-methyl/N-ethyl adjacent to an activating group) is 1. The molecule has 18 heavy (non-hydrogen) atoms. The molecule has 1 aromatic rings. The van der Waals surface area contributed by atoms with Crippen molar-refractivity contribution >= 4 is 5.71 Å². The van der Waals surface area contributed by atoms with Crippen LogP contribution < -0.4 is 0 Å². The van der Waals surface area contributed by atoms with Crippen molar-refractivity contribution in [1.29, 1.82) is 0 Å². The van der Waals surface area contributed by atoms with Gasteiger partial charge in [-0.25, -0.2) is 4.98 Å². The molecule has 0 bridgehead atoms. The molecule has 1 atom stereocenters. The number of imidazole rings is 1. The lowest BCUT2D eigenvalue weighted by Gasteiger charge is -2.20. The number of hydrogen-bond donors (Lipinski definition) is 0. The Kier molecular flexibility index (Phi) is 4.36. The molecule has 100 valence electrons. The second-order valence-electron chi connectivity index (χ2n) is 4.87. The molecule has 0 saturated heterocycles. The van der Waals surface area contributed by atoms with Gasteiger partial charge in [0.05, 0.1) is 5.71 Å². The summed E-state index contributed by atoms with van der Waals surface area (Å²) in [5, 5.41) is 4.09. The second kappa shape index (κ2) is 6.00. The lowest BCUT2D eigenvalue weighted by Crippen LogP contribution is -2.32. The molecule has 1 aliphatic heterocycles. The van der Waals surface area contributed by atoms with Crippen LogP contribution in [0.1, 0.15) is 25.6 Å². The summed E-state index contributed by atoms with van der Waals surface area (Å²) in [7, 11) is 2.12. The minimum Gasteiger partial charge on any atom is -0.391 e. The minimum absolute atomic E-state index is 0.230. The first-order chi connectivity index (χ1) is 8.69. The number of oxime groups is 1. The summed E-state index contributed by atoms with van der Waals surface area (Å²) in [6.45, 7) is 7.05. The minimum atomic E-state index is 0.230. The van der Waals surface area contributed by atoms with E-state index in [1.807, 2.05) is 19.3 Å². The van der Waals surface area contributed by atoms with E-state index in [4.69, 9.17) is 4.84 Å². The average molecular weight is 250 g/mol. The van der Waals surface area contributed by atoms with Gasteiger partial charge in [-0.3, -0.25) is 0 Å². The predicted octanol–water partition coefficient (Wildman–Crippen LogP) is 1.68. The Hall–Kier alpha value is -1.36. The number of nitrogens with zero attached hydrogens (tertiary/aromatic N) is 4. The molecule has 0 aromatic carbocycles. The van der Waals surface area contributed by atoms with Crippen LogP contribution in [0.5, 0.6) is 0 Å². The fraction of sp³-hybridized carbons (Fsp3) is 0.692. The Labute approximate surface area is 108 Å². The zero-order valence-electron chi connectivity index (χ0n) is 11.5. The van der Waals surface area contributed by atoms with Crippen molar-refractivity contribution in [3.8, 4) is 0 Å². The van der Waals surface area contributed by atoms with Crippen molar-refractivity contribution in [3.63, 3.8) is 0 Å². The predicted molar refractivity (Wildman–Crippen MR) is 71.7 cm³/mol. The van der Waals surface area contributed by atoms with Gasteiger partial charge in [0, 0.05) is 38.4 Å². The highest BCUT2D eigenvalue weighted by atomic mass is 16.6. The quantitative estimate of drug-likeness (QED) is 0.771. The van der Waals surface area contributed by atoms with Gasteiger partial charge in [0.15, 0.2) is 0 Å². The Bertz CT molecular complexity index is 413. The largest absolute Gasteiger partial charge is 0.391 e. The zero-order chi connectivity index (χ0) is 13.0. The molecule has 1 unspecified atom stereocenters. The summed E-state index contributed by atoms with van der Waals surface area (Å²) in [5.41, 5.74) is 1.18. The third kappa shape index (κ3) is 3.32. The van der Waals surface area contributed by atoms with E-state index in [1.54, 1.807) is 0 Å².